The monoisotopic (exact) mass is 349 g/mol. The zero-order chi connectivity index (χ0) is 15.2. The lowest BCUT2D eigenvalue weighted by Gasteiger charge is -2.17. The first-order valence-corrected chi connectivity index (χ1v) is 8.46. The van der Waals surface area contributed by atoms with Gasteiger partial charge in [0.25, 0.3) is 0 Å². The fourth-order valence-corrected chi connectivity index (χ4v) is 2.64. The number of halogens is 1. The molecule has 0 spiro atoms. The standard InChI is InChI=1S/C17H24BrN3/c1-4-13(3)21-11-10-16(20-21)12-17(19-5-2)14-6-8-15(18)9-7-14/h6-11,13,17,19H,4-5,12H2,1-3H3. The van der Waals surface area contributed by atoms with Crippen LogP contribution in [0.1, 0.15) is 50.5 Å². The van der Waals surface area contributed by atoms with E-state index in [1.807, 2.05) is 0 Å². The summed E-state index contributed by atoms with van der Waals surface area (Å²) in [6.07, 6.45) is 4.11. The van der Waals surface area contributed by atoms with Gasteiger partial charge in [-0.25, -0.2) is 0 Å². The van der Waals surface area contributed by atoms with Crippen molar-refractivity contribution in [2.45, 2.75) is 45.7 Å². The Labute approximate surface area is 135 Å². The number of nitrogens with one attached hydrogen (secondary N) is 1. The summed E-state index contributed by atoms with van der Waals surface area (Å²) in [6.45, 7) is 7.49. The van der Waals surface area contributed by atoms with Crippen molar-refractivity contribution in [2.75, 3.05) is 6.54 Å². The second kappa shape index (κ2) is 7.76. The Bertz CT molecular complexity index is 547. The smallest absolute Gasteiger partial charge is 0.0643 e. The molecule has 4 heteroatoms. The molecule has 1 aromatic heterocycles. The quantitative estimate of drug-likeness (QED) is 0.796. The fraction of sp³-hybridized carbons (Fsp3) is 0.471. The van der Waals surface area contributed by atoms with Crippen molar-refractivity contribution < 1.29 is 0 Å². The molecule has 3 nitrogen and oxygen atoms in total. The van der Waals surface area contributed by atoms with Gasteiger partial charge >= 0.3 is 0 Å². The molecule has 1 heterocycles. The first-order chi connectivity index (χ1) is 10.1. The van der Waals surface area contributed by atoms with Gasteiger partial charge in [0.05, 0.1) is 5.69 Å². The van der Waals surface area contributed by atoms with Gasteiger partial charge in [-0.2, -0.15) is 5.10 Å². The zero-order valence-electron chi connectivity index (χ0n) is 13.0. The van der Waals surface area contributed by atoms with E-state index in [-0.39, 0.29) is 0 Å². The van der Waals surface area contributed by atoms with E-state index in [2.05, 4.69) is 83.2 Å². The van der Waals surface area contributed by atoms with Gasteiger partial charge in [-0.3, -0.25) is 4.68 Å². The summed E-state index contributed by atoms with van der Waals surface area (Å²) in [4.78, 5) is 0. The van der Waals surface area contributed by atoms with Crippen molar-refractivity contribution in [3.8, 4) is 0 Å². The predicted molar refractivity (Wildman–Crippen MR) is 91.5 cm³/mol. The molecule has 2 unspecified atom stereocenters. The Hall–Kier alpha value is -1.13. The van der Waals surface area contributed by atoms with E-state index in [9.17, 15) is 0 Å². The fourth-order valence-electron chi connectivity index (χ4n) is 2.38. The molecular formula is C17H24BrN3. The van der Waals surface area contributed by atoms with Crippen LogP contribution in [-0.4, -0.2) is 16.3 Å². The third-order valence-electron chi connectivity index (χ3n) is 3.84. The Morgan fingerprint density at radius 1 is 1.19 bits per heavy atom. The van der Waals surface area contributed by atoms with Crippen LogP contribution in [0.3, 0.4) is 0 Å². The summed E-state index contributed by atoms with van der Waals surface area (Å²) in [6, 6.07) is 11.4. The van der Waals surface area contributed by atoms with Crippen LogP contribution in [0.25, 0.3) is 0 Å². The highest BCUT2D eigenvalue weighted by atomic mass is 79.9. The molecule has 0 saturated carbocycles. The van der Waals surface area contributed by atoms with Crippen molar-refractivity contribution in [3.63, 3.8) is 0 Å². The van der Waals surface area contributed by atoms with Crippen molar-refractivity contribution in [1.29, 1.82) is 0 Å². The minimum atomic E-state index is 0.309. The molecule has 0 aliphatic carbocycles. The van der Waals surface area contributed by atoms with Crippen LogP contribution in [0.15, 0.2) is 41.0 Å². The molecule has 0 fully saturated rings. The molecule has 0 aliphatic heterocycles. The lowest BCUT2D eigenvalue weighted by Crippen LogP contribution is -2.23. The van der Waals surface area contributed by atoms with E-state index < -0.39 is 0 Å². The van der Waals surface area contributed by atoms with Crippen LogP contribution in [0.5, 0.6) is 0 Å². The van der Waals surface area contributed by atoms with Gasteiger partial charge in [0.2, 0.25) is 0 Å². The lowest BCUT2D eigenvalue weighted by molar-refractivity contribution is 0.467. The van der Waals surface area contributed by atoms with Crippen LogP contribution in [0.4, 0.5) is 0 Å². The topological polar surface area (TPSA) is 29.9 Å². The molecule has 0 saturated heterocycles. The number of hydrogen-bond acceptors (Lipinski definition) is 2. The molecule has 2 aromatic rings. The van der Waals surface area contributed by atoms with E-state index in [4.69, 9.17) is 5.10 Å². The molecule has 1 aromatic carbocycles. The largest absolute Gasteiger partial charge is 0.310 e. The highest BCUT2D eigenvalue weighted by molar-refractivity contribution is 9.10. The summed E-state index contributed by atoms with van der Waals surface area (Å²) < 4.78 is 3.18. The molecule has 2 rings (SSSR count). The molecule has 0 bridgehead atoms. The maximum atomic E-state index is 4.71. The van der Waals surface area contributed by atoms with E-state index in [1.54, 1.807) is 0 Å². The number of likely N-dealkylation sites (N-methyl/N-ethyl adjacent to an activating group) is 1. The Morgan fingerprint density at radius 2 is 1.90 bits per heavy atom. The average molecular weight is 350 g/mol. The normalized spacial score (nSPS) is 14.1. The van der Waals surface area contributed by atoms with Gasteiger partial charge in [-0.05, 0) is 43.7 Å². The summed E-state index contributed by atoms with van der Waals surface area (Å²) in [5, 5.41) is 8.27. The van der Waals surface area contributed by atoms with Crippen molar-refractivity contribution in [1.82, 2.24) is 15.1 Å². The van der Waals surface area contributed by atoms with Crippen LogP contribution < -0.4 is 5.32 Å². The van der Waals surface area contributed by atoms with Gasteiger partial charge in [0, 0.05) is 29.2 Å². The van der Waals surface area contributed by atoms with Gasteiger partial charge in [-0.1, -0.05) is 41.9 Å². The molecule has 1 N–H and O–H groups in total. The SMILES string of the molecule is CCNC(Cc1ccn(C(C)CC)n1)c1ccc(Br)cc1. The number of benzene rings is 1. The van der Waals surface area contributed by atoms with Gasteiger partial charge in [0.15, 0.2) is 0 Å². The van der Waals surface area contributed by atoms with E-state index in [0.29, 0.717) is 12.1 Å². The lowest BCUT2D eigenvalue weighted by atomic mass is 10.0. The highest BCUT2D eigenvalue weighted by Crippen LogP contribution is 2.21. The summed E-state index contributed by atoms with van der Waals surface area (Å²) in [5.74, 6) is 0. The maximum absolute atomic E-state index is 4.71. The third-order valence-corrected chi connectivity index (χ3v) is 4.37. The van der Waals surface area contributed by atoms with Crippen molar-refractivity contribution >= 4 is 15.9 Å². The van der Waals surface area contributed by atoms with Crippen LogP contribution in [-0.2, 0) is 6.42 Å². The molecule has 0 amide bonds. The Balaban J connectivity index is 2.12. The van der Waals surface area contributed by atoms with Crippen LogP contribution in [0.2, 0.25) is 0 Å². The third kappa shape index (κ3) is 4.42. The second-order valence-electron chi connectivity index (χ2n) is 5.41. The number of nitrogens with zero attached hydrogens (tertiary/aromatic N) is 2. The van der Waals surface area contributed by atoms with Crippen molar-refractivity contribution in [3.05, 3.63) is 52.3 Å². The predicted octanol–water partition coefficient (Wildman–Crippen LogP) is 4.51. The molecular weight excluding hydrogens is 326 g/mol. The number of hydrogen-bond donors (Lipinski definition) is 1. The summed E-state index contributed by atoms with van der Waals surface area (Å²) in [5.41, 5.74) is 2.45. The second-order valence-corrected chi connectivity index (χ2v) is 6.33. The molecule has 2 atom stereocenters. The van der Waals surface area contributed by atoms with Gasteiger partial charge < -0.3 is 5.32 Å². The first-order valence-electron chi connectivity index (χ1n) is 7.66. The zero-order valence-corrected chi connectivity index (χ0v) is 14.6. The Kier molecular flexibility index (Phi) is 6.00. The summed E-state index contributed by atoms with van der Waals surface area (Å²) in [7, 11) is 0. The number of aromatic nitrogens is 2. The molecule has 114 valence electrons. The van der Waals surface area contributed by atoms with E-state index in [1.165, 1.54) is 5.56 Å². The first kappa shape index (κ1) is 16.2. The van der Waals surface area contributed by atoms with E-state index in [0.717, 1.165) is 29.6 Å². The average Bonchev–Trinajstić information content (AvgIpc) is 2.95. The minimum Gasteiger partial charge on any atom is -0.310 e. The maximum Gasteiger partial charge on any atom is 0.0643 e. The van der Waals surface area contributed by atoms with E-state index >= 15 is 0 Å². The summed E-state index contributed by atoms with van der Waals surface area (Å²) >= 11 is 3.49. The molecule has 21 heavy (non-hydrogen) atoms. The highest BCUT2D eigenvalue weighted by Gasteiger charge is 2.13. The molecule has 0 aliphatic rings. The van der Waals surface area contributed by atoms with Crippen LogP contribution in [0, 0.1) is 0 Å². The minimum absolute atomic E-state index is 0.309. The molecule has 0 radical (unpaired) electrons. The Morgan fingerprint density at radius 3 is 2.52 bits per heavy atom. The van der Waals surface area contributed by atoms with Gasteiger partial charge in [-0.15, -0.1) is 0 Å². The van der Waals surface area contributed by atoms with Crippen LogP contribution >= 0.6 is 15.9 Å². The number of rotatable bonds is 7. The van der Waals surface area contributed by atoms with Crippen molar-refractivity contribution in [2.24, 2.45) is 0 Å². The van der Waals surface area contributed by atoms with Gasteiger partial charge in [0.1, 0.15) is 0 Å².